The summed E-state index contributed by atoms with van der Waals surface area (Å²) in [5.74, 6) is 1.75. The Hall–Kier alpha value is -3.19. The molecule has 0 radical (unpaired) electrons. The Labute approximate surface area is 194 Å². The summed E-state index contributed by atoms with van der Waals surface area (Å²) >= 11 is 0. The highest BCUT2D eigenvalue weighted by Gasteiger charge is 2.50. The molecule has 0 saturated carbocycles. The van der Waals surface area contributed by atoms with Crippen LogP contribution in [0.2, 0.25) is 0 Å². The van der Waals surface area contributed by atoms with E-state index in [1.54, 1.807) is 7.11 Å². The van der Waals surface area contributed by atoms with Gasteiger partial charge in [-0.25, -0.2) is 4.79 Å². The Morgan fingerprint density at radius 2 is 2.00 bits per heavy atom. The predicted octanol–water partition coefficient (Wildman–Crippen LogP) is 3.74. The van der Waals surface area contributed by atoms with Gasteiger partial charge in [0, 0.05) is 49.3 Å². The van der Waals surface area contributed by atoms with Gasteiger partial charge in [0.1, 0.15) is 18.1 Å². The smallest absolute Gasteiger partial charge is 0.318 e. The fraction of sp³-hybridized carbons (Fsp3) is 0.423. The molecule has 7 heteroatoms. The van der Waals surface area contributed by atoms with E-state index in [2.05, 4.69) is 32.2 Å². The Morgan fingerprint density at radius 3 is 2.79 bits per heavy atom. The van der Waals surface area contributed by atoms with Crippen molar-refractivity contribution in [1.29, 1.82) is 0 Å². The molecule has 7 nitrogen and oxygen atoms in total. The van der Waals surface area contributed by atoms with Crippen LogP contribution in [-0.2, 0) is 12.0 Å². The van der Waals surface area contributed by atoms with Crippen LogP contribution in [0, 0.1) is 0 Å². The summed E-state index contributed by atoms with van der Waals surface area (Å²) in [4.78, 5) is 21.3. The molecule has 1 saturated heterocycles. The summed E-state index contributed by atoms with van der Waals surface area (Å²) in [6.45, 7) is 6.46. The highest BCUT2D eigenvalue weighted by atomic mass is 16.5. The monoisotopic (exact) mass is 448 g/mol. The van der Waals surface area contributed by atoms with Crippen molar-refractivity contribution in [2.24, 2.45) is 0 Å². The summed E-state index contributed by atoms with van der Waals surface area (Å²) in [6, 6.07) is 16.1. The second-order valence-electron chi connectivity index (χ2n) is 8.85. The molecule has 2 N–H and O–H groups in total. The van der Waals surface area contributed by atoms with Crippen LogP contribution in [0.4, 0.5) is 4.79 Å². The number of nitrogens with zero attached hydrogens (tertiary/aromatic N) is 2. The van der Waals surface area contributed by atoms with Gasteiger partial charge >= 0.3 is 6.03 Å². The zero-order chi connectivity index (χ0) is 22.8. The molecule has 1 fully saturated rings. The lowest BCUT2D eigenvalue weighted by molar-refractivity contribution is 0.0992. The van der Waals surface area contributed by atoms with Crippen LogP contribution in [0.1, 0.15) is 24.6 Å². The number of benzene rings is 2. The van der Waals surface area contributed by atoms with Gasteiger partial charge in [0.2, 0.25) is 0 Å². The summed E-state index contributed by atoms with van der Waals surface area (Å²) < 4.78 is 11.4. The van der Waals surface area contributed by atoms with Crippen molar-refractivity contribution >= 4 is 16.9 Å². The fourth-order valence-electron chi connectivity index (χ4n) is 5.42. The van der Waals surface area contributed by atoms with E-state index in [1.807, 2.05) is 43.3 Å². The Kier molecular flexibility index (Phi) is 5.89. The van der Waals surface area contributed by atoms with Crippen molar-refractivity contribution in [3.05, 3.63) is 59.8 Å². The first kappa shape index (κ1) is 21.6. The lowest BCUT2D eigenvalue weighted by Crippen LogP contribution is -2.57. The largest absolute Gasteiger partial charge is 0.497 e. The molecule has 0 aliphatic carbocycles. The highest BCUT2D eigenvalue weighted by molar-refractivity contribution is 5.88. The van der Waals surface area contributed by atoms with Crippen LogP contribution in [0.25, 0.3) is 10.9 Å². The number of aromatic nitrogens is 1. The van der Waals surface area contributed by atoms with E-state index in [0.717, 1.165) is 49.5 Å². The minimum atomic E-state index is -0.369. The molecule has 0 bridgehead atoms. The summed E-state index contributed by atoms with van der Waals surface area (Å²) in [7, 11) is 1.70. The van der Waals surface area contributed by atoms with Crippen LogP contribution in [-0.4, -0.2) is 67.3 Å². The maximum Gasteiger partial charge on any atom is 0.318 e. The molecule has 1 spiro atoms. The number of H-pyrrole nitrogens is 1. The second kappa shape index (κ2) is 8.98. The molecule has 174 valence electrons. The molecule has 2 aliphatic heterocycles. The second-order valence-corrected chi connectivity index (χ2v) is 8.85. The number of carbonyl (C=O) groups is 1. The number of fused-ring (bicyclic) bond motifs is 4. The molecular formula is C26H32N4O3. The van der Waals surface area contributed by atoms with E-state index >= 15 is 0 Å². The number of urea groups is 1. The van der Waals surface area contributed by atoms with E-state index in [1.165, 1.54) is 16.6 Å². The van der Waals surface area contributed by atoms with E-state index in [0.29, 0.717) is 19.7 Å². The summed E-state index contributed by atoms with van der Waals surface area (Å²) in [6.07, 6.45) is 1.73. The van der Waals surface area contributed by atoms with Crippen LogP contribution >= 0.6 is 0 Å². The third-order valence-corrected chi connectivity index (χ3v) is 7.00. The number of methoxy groups -OCH3 is 1. The predicted molar refractivity (Wildman–Crippen MR) is 129 cm³/mol. The van der Waals surface area contributed by atoms with Crippen molar-refractivity contribution in [1.82, 2.24) is 20.1 Å². The van der Waals surface area contributed by atoms with Gasteiger partial charge in [-0.1, -0.05) is 18.2 Å². The van der Waals surface area contributed by atoms with Crippen molar-refractivity contribution in [2.45, 2.75) is 25.3 Å². The maximum absolute atomic E-state index is 13.1. The van der Waals surface area contributed by atoms with Gasteiger partial charge in [0.25, 0.3) is 0 Å². The number of nitrogens with one attached hydrogen (secondary N) is 2. The standard InChI is InChI=1S/C26H32N4O3/c1-3-27-25(31)30-13-11-21-22-17-20(32-2)9-10-23(22)28-24(21)26(30)12-14-29(18-26)15-16-33-19-7-5-4-6-8-19/h4-10,17,28H,3,11-16,18H2,1-2H3,(H,27,31). The van der Waals surface area contributed by atoms with E-state index in [9.17, 15) is 4.79 Å². The first-order valence-corrected chi connectivity index (χ1v) is 11.8. The first-order chi connectivity index (χ1) is 16.1. The number of aromatic amines is 1. The number of likely N-dealkylation sites (tertiary alicyclic amines) is 1. The first-order valence-electron chi connectivity index (χ1n) is 11.8. The normalized spacial score (nSPS) is 20.2. The van der Waals surface area contributed by atoms with Crippen molar-refractivity contribution in [3.63, 3.8) is 0 Å². The van der Waals surface area contributed by atoms with E-state index < -0.39 is 0 Å². The van der Waals surface area contributed by atoms with Crippen LogP contribution in [0.5, 0.6) is 11.5 Å². The number of hydrogen-bond donors (Lipinski definition) is 2. The Bertz CT molecular complexity index is 1130. The SMILES string of the molecule is CCNC(=O)N1CCc2c([nH]c3ccc(OC)cc23)C12CCN(CCOc1ccccc1)C2. The van der Waals surface area contributed by atoms with E-state index in [4.69, 9.17) is 9.47 Å². The maximum atomic E-state index is 13.1. The van der Waals surface area contributed by atoms with Gasteiger partial charge < -0.3 is 24.7 Å². The molecule has 2 aromatic carbocycles. The third kappa shape index (κ3) is 3.91. The molecule has 2 aliphatic rings. The summed E-state index contributed by atoms with van der Waals surface area (Å²) in [5.41, 5.74) is 3.22. The number of ether oxygens (including phenoxy) is 2. The zero-order valence-electron chi connectivity index (χ0n) is 19.4. The van der Waals surface area contributed by atoms with Gasteiger partial charge in [0.15, 0.2) is 0 Å². The molecule has 5 rings (SSSR count). The minimum absolute atomic E-state index is 0.0155. The average Bonchev–Trinajstić information content (AvgIpc) is 3.42. The quantitative estimate of drug-likeness (QED) is 0.603. The number of para-hydroxylation sites is 1. The number of rotatable bonds is 6. The van der Waals surface area contributed by atoms with Gasteiger partial charge in [-0.2, -0.15) is 0 Å². The minimum Gasteiger partial charge on any atom is -0.497 e. The molecule has 1 aromatic heterocycles. The molecule has 3 aromatic rings. The zero-order valence-corrected chi connectivity index (χ0v) is 19.4. The van der Waals surface area contributed by atoms with Crippen LogP contribution in [0.3, 0.4) is 0 Å². The molecule has 3 heterocycles. The van der Waals surface area contributed by atoms with Crippen LogP contribution < -0.4 is 14.8 Å². The average molecular weight is 449 g/mol. The molecular weight excluding hydrogens is 416 g/mol. The van der Waals surface area contributed by atoms with Gasteiger partial charge in [-0.3, -0.25) is 4.90 Å². The number of carbonyl (C=O) groups excluding carboxylic acids is 1. The summed E-state index contributed by atoms with van der Waals surface area (Å²) in [5, 5.41) is 4.24. The van der Waals surface area contributed by atoms with Gasteiger partial charge in [-0.05, 0) is 55.7 Å². The Morgan fingerprint density at radius 1 is 1.15 bits per heavy atom. The molecule has 33 heavy (non-hydrogen) atoms. The molecule has 1 unspecified atom stereocenters. The van der Waals surface area contributed by atoms with Crippen molar-refractivity contribution in [3.8, 4) is 11.5 Å². The molecule has 1 atom stereocenters. The Balaban J connectivity index is 1.43. The van der Waals surface area contributed by atoms with Gasteiger partial charge in [0.05, 0.1) is 12.6 Å². The van der Waals surface area contributed by atoms with Crippen LogP contribution in [0.15, 0.2) is 48.5 Å². The number of hydrogen-bond acceptors (Lipinski definition) is 4. The highest BCUT2D eigenvalue weighted by Crippen LogP contribution is 2.45. The van der Waals surface area contributed by atoms with Gasteiger partial charge in [-0.15, -0.1) is 0 Å². The van der Waals surface area contributed by atoms with E-state index in [-0.39, 0.29) is 11.6 Å². The third-order valence-electron chi connectivity index (χ3n) is 7.00. The fourth-order valence-corrected chi connectivity index (χ4v) is 5.42. The topological polar surface area (TPSA) is 69.8 Å². The lowest BCUT2D eigenvalue weighted by atomic mass is 9.84. The van der Waals surface area contributed by atoms with Crippen molar-refractivity contribution < 1.29 is 14.3 Å². The lowest BCUT2D eigenvalue weighted by Gasteiger charge is -2.44. The van der Waals surface area contributed by atoms with Crippen molar-refractivity contribution in [2.75, 3.05) is 46.4 Å². The number of amides is 2. The molecule has 2 amide bonds.